The van der Waals surface area contributed by atoms with E-state index in [2.05, 4.69) is 10.3 Å². The van der Waals surface area contributed by atoms with Crippen LogP contribution < -0.4 is 15.8 Å². The van der Waals surface area contributed by atoms with E-state index in [-0.39, 0.29) is 10.9 Å². The van der Waals surface area contributed by atoms with Gasteiger partial charge in [-0.2, -0.15) is 0 Å². The molecule has 2 heterocycles. The number of hydrogen-bond donors (Lipinski definition) is 2. The van der Waals surface area contributed by atoms with Crippen molar-refractivity contribution in [2.75, 3.05) is 5.32 Å². The van der Waals surface area contributed by atoms with Crippen molar-refractivity contribution >= 4 is 28.8 Å². The first kappa shape index (κ1) is 13.5. The summed E-state index contributed by atoms with van der Waals surface area (Å²) in [5.74, 6) is 1.06. The van der Waals surface area contributed by atoms with E-state index in [1.807, 2.05) is 12.1 Å². The number of anilines is 1. The first-order chi connectivity index (χ1) is 10.1. The summed E-state index contributed by atoms with van der Waals surface area (Å²) >= 11 is 4.99. The maximum Gasteiger partial charge on any atom is 0.229 e. The molecule has 3 N–H and O–H groups in total. The van der Waals surface area contributed by atoms with Crippen LogP contribution in [0, 0.1) is 0 Å². The molecule has 2 aromatic rings. The second-order valence-electron chi connectivity index (χ2n) is 4.69. The third kappa shape index (κ3) is 2.85. The fraction of sp³-hybridized carbons (Fsp3) is 0.133. The van der Waals surface area contributed by atoms with E-state index in [1.165, 1.54) is 0 Å². The summed E-state index contributed by atoms with van der Waals surface area (Å²) < 4.78 is 5.77. The molecule has 0 spiro atoms. The molecule has 1 aliphatic rings. The summed E-state index contributed by atoms with van der Waals surface area (Å²) in [5, 5.41) is 2.83. The van der Waals surface area contributed by atoms with Crippen molar-refractivity contribution in [2.45, 2.75) is 12.8 Å². The zero-order valence-electron chi connectivity index (χ0n) is 11.1. The van der Waals surface area contributed by atoms with E-state index in [0.29, 0.717) is 30.0 Å². The number of carbonyl (C=O) groups excluding carboxylic acids is 1. The Balaban J connectivity index is 1.89. The summed E-state index contributed by atoms with van der Waals surface area (Å²) in [7, 11) is 0. The van der Waals surface area contributed by atoms with Crippen LogP contribution >= 0.6 is 12.2 Å². The number of nitrogens with two attached hydrogens (primary N) is 1. The molecule has 3 rings (SSSR count). The average molecular weight is 299 g/mol. The summed E-state index contributed by atoms with van der Waals surface area (Å²) in [6.07, 6.45) is 2.80. The lowest BCUT2D eigenvalue weighted by Crippen LogP contribution is -2.18. The van der Waals surface area contributed by atoms with Crippen molar-refractivity contribution in [3.05, 3.63) is 47.7 Å². The maximum atomic E-state index is 11.3. The van der Waals surface area contributed by atoms with Gasteiger partial charge in [0.1, 0.15) is 10.7 Å². The highest BCUT2D eigenvalue weighted by Gasteiger charge is 2.16. The number of thiocarbonyl (C=S) groups is 1. The van der Waals surface area contributed by atoms with Crippen LogP contribution in [0.3, 0.4) is 0 Å². The van der Waals surface area contributed by atoms with Crippen LogP contribution in [0.2, 0.25) is 0 Å². The normalized spacial score (nSPS) is 13.2. The molecule has 6 heteroatoms. The monoisotopic (exact) mass is 299 g/mol. The topological polar surface area (TPSA) is 77.2 Å². The van der Waals surface area contributed by atoms with E-state index in [4.69, 9.17) is 22.7 Å². The second kappa shape index (κ2) is 5.49. The predicted molar refractivity (Wildman–Crippen MR) is 83.6 cm³/mol. The van der Waals surface area contributed by atoms with Crippen molar-refractivity contribution in [2.24, 2.45) is 5.73 Å². The molecule has 0 saturated carbocycles. The molecule has 0 unspecified atom stereocenters. The number of ether oxygens (including phenoxy) is 1. The van der Waals surface area contributed by atoms with Crippen molar-refractivity contribution in [3.8, 4) is 11.6 Å². The lowest BCUT2D eigenvalue weighted by atomic mass is 10.0. The van der Waals surface area contributed by atoms with Crippen LogP contribution in [-0.4, -0.2) is 15.9 Å². The van der Waals surface area contributed by atoms with Crippen LogP contribution in [0.15, 0.2) is 36.5 Å². The molecule has 0 atom stereocenters. The minimum atomic E-state index is 0.0386. The van der Waals surface area contributed by atoms with Gasteiger partial charge in [0.05, 0.1) is 5.56 Å². The van der Waals surface area contributed by atoms with Crippen molar-refractivity contribution in [3.63, 3.8) is 0 Å². The highest BCUT2D eigenvalue weighted by molar-refractivity contribution is 7.80. The summed E-state index contributed by atoms with van der Waals surface area (Å²) in [6.45, 7) is 0. The number of nitrogens with one attached hydrogen (secondary N) is 1. The smallest absolute Gasteiger partial charge is 0.229 e. The molecule has 106 valence electrons. The Bertz CT molecular complexity index is 731. The number of amides is 1. The largest absolute Gasteiger partial charge is 0.438 e. The van der Waals surface area contributed by atoms with Crippen molar-refractivity contribution < 1.29 is 9.53 Å². The fourth-order valence-electron chi connectivity index (χ4n) is 2.19. The minimum Gasteiger partial charge on any atom is -0.438 e. The van der Waals surface area contributed by atoms with E-state index < -0.39 is 0 Å². The highest BCUT2D eigenvalue weighted by Crippen LogP contribution is 2.30. The zero-order chi connectivity index (χ0) is 14.8. The van der Waals surface area contributed by atoms with Crippen LogP contribution in [0.25, 0.3) is 0 Å². The molecule has 0 aliphatic carbocycles. The lowest BCUT2D eigenvalue weighted by Gasteiger charge is -2.17. The van der Waals surface area contributed by atoms with Gasteiger partial charge in [-0.3, -0.25) is 4.79 Å². The first-order valence-corrected chi connectivity index (χ1v) is 6.90. The van der Waals surface area contributed by atoms with E-state index in [0.717, 1.165) is 11.3 Å². The molecule has 0 fully saturated rings. The quantitative estimate of drug-likeness (QED) is 0.851. The highest BCUT2D eigenvalue weighted by atomic mass is 32.1. The standard InChI is InChI=1S/C15H13N3O2S/c16-14(21)11-2-1-7-17-15(11)20-10-4-5-12-9(8-10)3-6-13(19)18-12/h1-2,4-5,7-8H,3,6H2,(H2,16,21)(H,18,19). The number of fused-ring (bicyclic) bond motifs is 1. The Morgan fingerprint density at radius 3 is 3.00 bits per heavy atom. The van der Waals surface area contributed by atoms with Crippen LogP contribution in [-0.2, 0) is 11.2 Å². The van der Waals surface area contributed by atoms with Gasteiger partial charge in [0.25, 0.3) is 0 Å². The average Bonchev–Trinajstić information content (AvgIpc) is 2.48. The first-order valence-electron chi connectivity index (χ1n) is 6.49. The van der Waals surface area contributed by atoms with Gasteiger partial charge in [-0.15, -0.1) is 0 Å². The lowest BCUT2D eigenvalue weighted by molar-refractivity contribution is -0.116. The Morgan fingerprint density at radius 1 is 1.33 bits per heavy atom. The number of aromatic nitrogens is 1. The van der Waals surface area contributed by atoms with Crippen LogP contribution in [0.4, 0.5) is 5.69 Å². The molecule has 21 heavy (non-hydrogen) atoms. The molecule has 1 aromatic carbocycles. The van der Waals surface area contributed by atoms with E-state index in [1.54, 1.807) is 24.4 Å². The van der Waals surface area contributed by atoms with Gasteiger partial charge >= 0.3 is 0 Å². The van der Waals surface area contributed by atoms with E-state index in [9.17, 15) is 4.79 Å². The maximum absolute atomic E-state index is 11.3. The molecule has 0 radical (unpaired) electrons. The molecular formula is C15H13N3O2S. The van der Waals surface area contributed by atoms with Gasteiger partial charge in [0.2, 0.25) is 11.8 Å². The number of benzene rings is 1. The van der Waals surface area contributed by atoms with Gasteiger partial charge < -0.3 is 15.8 Å². The summed E-state index contributed by atoms with van der Waals surface area (Å²) in [5.41, 5.74) is 8.12. The molecule has 5 nitrogen and oxygen atoms in total. The Kier molecular flexibility index (Phi) is 3.53. The molecule has 1 aliphatic heterocycles. The number of hydrogen-bond acceptors (Lipinski definition) is 4. The second-order valence-corrected chi connectivity index (χ2v) is 5.13. The Morgan fingerprint density at radius 2 is 2.19 bits per heavy atom. The zero-order valence-corrected chi connectivity index (χ0v) is 11.9. The molecular weight excluding hydrogens is 286 g/mol. The van der Waals surface area contributed by atoms with Gasteiger partial charge in [-0.25, -0.2) is 4.98 Å². The SMILES string of the molecule is NC(=S)c1cccnc1Oc1ccc2c(c1)CCC(=O)N2. The number of aryl methyl sites for hydroxylation is 1. The third-order valence-electron chi connectivity index (χ3n) is 3.22. The number of nitrogens with zero attached hydrogens (tertiary/aromatic N) is 1. The molecule has 0 bridgehead atoms. The molecule has 1 aromatic heterocycles. The predicted octanol–water partition coefficient (Wildman–Crippen LogP) is 2.39. The minimum absolute atomic E-state index is 0.0386. The van der Waals surface area contributed by atoms with Gasteiger partial charge in [-0.05, 0) is 42.3 Å². The van der Waals surface area contributed by atoms with Crippen molar-refractivity contribution in [1.29, 1.82) is 0 Å². The van der Waals surface area contributed by atoms with Crippen LogP contribution in [0.5, 0.6) is 11.6 Å². The third-order valence-corrected chi connectivity index (χ3v) is 3.44. The number of pyridine rings is 1. The van der Waals surface area contributed by atoms with Crippen molar-refractivity contribution in [1.82, 2.24) is 4.98 Å². The van der Waals surface area contributed by atoms with E-state index >= 15 is 0 Å². The van der Waals surface area contributed by atoms with Gasteiger partial charge in [0.15, 0.2) is 0 Å². The number of rotatable bonds is 3. The summed E-state index contributed by atoms with van der Waals surface area (Å²) in [4.78, 5) is 15.7. The Labute approximate surface area is 127 Å². The summed E-state index contributed by atoms with van der Waals surface area (Å²) in [6, 6.07) is 9.02. The van der Waals surface area contributed by atoms with Gasteiger partial charge in [-0.1, -0.05) is 12.2 Å². The fourth-order valence-corrected chi connectivity index (χ4v) is 2.35. The molecule has 1 amide bonds. The van der Waals surface area contributed by atoms with Crippen LogP contribution in [0.1, 0.15) is 17.5 Å². The number of carbonyl (C=O) groups is 1. The Hall–Kier alpha value is -2.47. The molecule has 0 saturated heterocycles. The van der Waals surface area contributed by atoms with Gasteiger partial charge in [0, 0.05) is 18.3 Å².